The minimum absolute atomic E-state index is 0.147. The topological polar surface area (TPSA) is 96.8 Å². The first-order valence-electron chi connectivity index (χ1n) is 10.0. The second-order valence-electron chi connectivity index (χ2n) is 6.31. The predicted molar refractivity (Wildman–Crippen MR) is 117 cm³/mol. The van der Waals surface area contributed by atoms with Gasteiger partial charge in [-0.2, -0.15) is 0 Å². The van der Waals surface area contributed by atoms with Gasteiger partial charge in [0.15, 0.2) is 0 Å². The van der Waals surface area contributed by atoms with Crippen molar-refractivity contribution in [2.75, 3.05) is 26.4 Å². The summed E-state index contributed by atoms with van der Waals surface area (Å²) in [6.07, 6.45) is 3.56. The molecule has 2 heterocycles. The molecule has 0 bridgehead atoms. The van der Waals surface area contributed by atoms with E-state index in [2.05, 4.69) is 9.97 Å². The van der Waals surface area contributed by atoms with Gasteiger partial charge in [-0.1, -0.05) is 0 Å². The summed E-state index contributed by atoms with van der Waals surface area (Å²) in [4.78, 5) is 8.75. The van der Waals surface area contributed by atoms with E-state index in [-0.39, 0.29) is 12.3 Å². The first-order chi connectivity index (χ1) is 14.4. The summed E-state index contributed by atoms with van der Waals surface area (Å²) in [5.41, 5.74) is 2.76. The molecule has 0 radical (unpaired) electrons. The summed E-state index contributed by atoms with van der Waals surface area (Å²) in [5, 5.41) is 0. The number of hydrogen-bond acceptors (Lipinski definition) is 8. The molecule has 166 valence electrons. The van der Waals surface area contributed by atoms with Crippen molar-refractivity contribution in [2.24, 2.45) is 0 Å². The van der Waals surface area contributed by atoms with Crippen LogP contribution in [0, 0.1) is 0 Å². The van der Waals surface area contributed by atoms with Crippen LogP contribution in [0.15, 0.2) is 36.7 Å². The monoisotopic (exact) mass is 456 g/mol. The molecule has 0 N–H and O–H groups in total. The van der Waals surface area contributed by atoms with Crippen molar-refractivity contribution >= 4 is 15.2 Å². The van der Waals surface area contributed by atoms with E-state index < -0.39 is 15.2 Å². The molecular weight excluding hydrogens is 426 g/mol. The van der Waals surface area contributed by atoms with Crippen LogP contribution in [0.1, 0.15) is 38.8 Å². The van der Waals surface area contributed by atoms with Crippen molar-refractivity contribution in [1.82, 2.24) is 9.97 Å². The fourth-order valence-corrected chi connectivity index (χ4v) is 6.29. The summed E-state index contributed by atoms with van der Waals surface area (Å²) in [6.45, 7) is 8.34. The van der Waals surface area contributed by atoms with Crippen LogP contribution in [0.2, 0.25) is 0 Å². The van der Waals surface area contributed by atoms with Gasteiger partial charge >= 0.3 is 15.2 Å². The number of aromatic nitrogens is 2. The minimum Gasteiger partial charge on any atom is -0.309 e. The van der Waals surface area contributed by atoms with Crippen LogP contribution >= 0.6 is 15.2 Å². The van der Waals surface area contributed by atoms with Gasteiger partial charge in [-0.15, -0.1) is 0 Å². The van der Waals surface area contributed by atoms with E-state index in [1.54, 1.807) is 52.2 Å². The highest BCUT2D eigenvalue weighted by molar-refractivity contribution is 7.53. The molecule has 0 aromatic carbocycles. The van der Waals surface area contributed by atoms with Crippen molar-refractivity contribution in [3.63, 3.8) is 0 Å². The third-order valence-corrected chi connectivity index (χ3v) is 8.08. The van der Waals surface area contributed by atoms with Crippen LogP contribution in [0.5, 0.6) is 0 Å². The molecule has 10 heteroatoms. The van der Waals surface area contributed by atoms with Crippen LogP contribution in [0.3, 0.4) is 0 Å². The summed E-state index contributed by atoms with van der Waals surface area (Å²) < 4.78 is 47.2. The molecule has 30 heavy (non-hydrogen) atoms. The van der Waals surface area contributed by atoms with Crippen molar-refractivity contribution < 1.29 is 27.2 Å². The van der Waals surface area contributed by atoms with Crippen LogP contribution in [0.4, 0.5) is 0 Å². The third kappa shape index (κ3) is 7.38. The predicted octanol–water partition coefficient (Wildman–Crippen LogP) is 5.68. The lowest BCUT2D eigenvalue weighted by atomic mass is 10.1. The van der Waals surface area contributed by atoms with Gasteiger partial charge in [0.1, 0.15) is 0 Å². The zero-order valence-corrected chi connectivity index (χ0v) is 19.7. The summed E-state index contributed by atoms with van der Waals surface area (Å²) in [7, 11) is -6.45. The highest BCUT2D eigenvalue weighted by Gasteiger charge is 2.25. The van der Waals surface area contributed by atoms with Crippen molar-refractivity contribution in [3.8, 4) is 11.4 Å². The first-order valence-corrected chi connectivity index (χ1v) is 13.5. The van der Waals surface area contributed by atoms with Crippen molar-refractivity contribution in [2.45, 2.75) is 40.0 Å². The molecule has 2 rings (SSSR count). The lowest BCUT2D eigenvalue weighted by Crippen LogP contribution is -2.01. The van der Waals surface area contributed by atoms with Crippen LogP contribution in [0.25, 0.3) is 11.4 Å². The molecule has 0 saturated carbocycles. The highest BCUT2D eigenvalue weighted by atomic mass is 31.2. The summed E-state index contributed by atoms with van der Waals surface area (Å²) in [5.74, 6) is 0. The fraction of sp³-hybridized carbons (Fsp3) is 0.500. The molecule has 0 aliphatic heterocycles. The molecule has 0 amide bonds. The lowest BCUT2D eigenvalue weighted by molar-refractivity contribution is 0.218. The van der Waals surface area contributed by atoms with Crippen molar-refractivity contribution in [1.29, 1.82) is 0 Å². The van der Waals surface area contributed by atoms with Gasteiger partial charge in [0.25, 0.3) is 0 Å². The van der Waals surface area contributed by atoms with E-state index in [0.29, 0.717) is 37.8 Å². The third-order valence-electron chi connectivity index (χ3n) is 3.97. The molecule has 0 fully saturated rings. The molecule has 8 nitrogen and oxygen atoms in total. The smallest absolute Gasteiger partial charge is 0.309 e. The zero-order chi connectivity index (χ0) is 22.0. The minimum atomic E-state index is -3.22. The van der Waals surface area contributed by atoms with Crippen molar-refractivity contribution in [3.05, 3.63) is 47.8 Å². The number of rotatable bonds is 13. The Labute approximate surface area is 178 Å². The summed E-state index contributed by atoms with van der Waals surface area (Å²) in [6, 6.07) is 7.16. The maximum absolute atomic E-state index is 12.8. The van der Waals surface area contributed by atoms with E-state index in [4.69, 9.17) is 18.1 Å². The van der Waals surface area contributed by atoms with Gasteiger partial charge in [0.05, 0.1) is 50.1 Å². The number of pyridine rings is 2. The molecule has 0 aliphatic rings. The maximum Gasteiger partial charge on any atom is 0.335 e. The van der Waals surface area contributed by atoms with Gasteiger partial charge in [-0.05, 0) is 63.1 Å². The normalized spacial score (nSPS) is 12.3. The largest absolute Gasteiger partial charge is 0.335 e. The van der Waals surface area contributed by atoms with E-state index >= 15 is 0 Å². The Kier molecular flexibility index (Phi) is 9.82. The second-order valence-corrected chi connectivity index (χ2v) is 10.4. The Hall–Kier alpha value is -1.40. The average Bonchev–Trinajstić information content (AvgIpc) is 2.69. The molecule has 2 aromatic rings. The van der Waals surface area contributed by atoms with E-state index in [1.807, 2.05) is 12.1 Å². The van der Waals surface area contributed by atoms with Crippen LogP contribution in [-0.4, -0.2) is 36.4 Å². The summed E-state index contributed by atoms with van der Waals surface area (Å²) >= 11 is 0. The quantitative estimate of drug-likeness (QED) is 0.356. The molecule has 0 saturated heterocycles. The molecule has 0 spiro atoms. The standard InChI is InChI=1S/C20H30N2O6P2/c1-5-25-29(23,26-6-2)15-17-9-11-21-19(13-17)20-14-18(10-12-22-20)16-30(24,27-7-3)28-8-4/h9-14H,5-8,15-16H2,1-4H3. The van der Waals surface area contributed by atoms with Gasteiger partial charge in [0.2, 0.25) is 0 Å². The molecule has 0 atom stereocenters. The van der Waals surface area contributed by atoms with E-state index in [1.165, 1.54) is 0 Å². The Bertz CT molecular complexity index is 815. The Balaban J connectivity index is 2.26. The van der Waals surface area contributed by atoms with Gasteiger partial charge in [0, 0.05) is 12.4 Å². The van der Waals surface area contributed by atoms with E-state index in [9.17, 15) is 9.13 Å². The molecular formula is C20H30N2O6P2. The SMILES string of the molecule is CCOP(=O)(Cc1ccnc(-c2cc(CP(=O)(OCC)OCC)ccn2)c1)OCC. The zero-order valence-electron chi connectivity index (χ0n) is 17.9. The van der Waals surface area contributed by atoms with Crippen LogP contribution < -0.4 is 0 Å². The van der Waals surface area contributed by atoms with Crippen LogP contribution in [-0.2, 0) is 39.5 Å². The molecule has 0 unspecified atom stereocenters. The molecule has 2 aromatic heterocycles. The molecule has 0 aliphatic carbocycles. The average molecular weight is 456 g/mol. The number of nitrogens with zero attached hydrogens (tertiary/aromatic N) is 2. The van der Waals surface area contributed by atoms with Gasteiger partial charge in [-0.25, -0.2) is 0 Å². The number of hydrogen-bond donors (Lipinski definition) is 0. The highest BCUT2D eigenvalue weighted by Crippen LogP contribution is 2.52. The van der Waals surface area contributed by atoms with E-state index in [0.717, 1.165) is 11.1 Å². The Morgan fingerprint density at radius 2 is 1.00 bits per heavy atom. The van der Waals surface area contributed by atoms with Gasteiger partial charge in [-0.3, -0.25) is 19.1 Å². The Morgan fingerprint density at radius 1 is 0.667 bits per heavy atom. The maximum atomic E-state index is 12.8. The first kappa shape index (κ1) is 24.9. The fourth-order valence-electron chi connectivity index (χ4n) is 2.92. The Morgan fingerprint density at radius 3 is 1.30 bits per heavy atom. The second kappa shape index (κ2) is 11.8. The lowest BCUT2D eigenvalue weighted by Gasteiger charge is -2.17. The van der Waals surface area contributed by atoms with Gasteiger partial charge < -0.3 is 18.1 Å².